The van der Waals surface area contributed by atoms with Crippen LogP contribution in [0.5, 0.6) is 5.88 Å². The number of aromatic nitrogens is 2. The number of hydrogen-bond acceptors (Lipinski definition) is 6. The number of amides is 1. The molecule has 24 heavy (non-hydrogen) atoms. The van der Waals surface area contributed by atoms with Gasteiger partial charge in [-0.05, 0) is 12.1 Å². The second-order valence-electron chi connectivity index (χ2n) is 4.58. The van der Waals surface area contributed by atoms with Gasteiger partial charge in [-0.1, -0.05) is 12.1 Å². The monoisotopic (exact) mass is 333 g/mol. The summed E-state index contributed by atoms with van der Waals surface area (Å²) in [6.45, 7) is -0.736. The summed E-state index contributed by atoms with van der Waals surface area (Å²) in [6.07, 6.45) is 0. The van der Waals surface area contributed by atoms with Gasteiger partial charge < -0.3 is 25.6 Å². The van der Waals surface area contributed by atoms with Crippen LogP contribution in [-0.2, 0) is 4.79 Å². The van der Waals surface area contributed by atoms with Gasteiger partial charge in [0.2, 0.25) is 5.88 Å². The average molecular weight is 333 g/mol. The van der Waals surface area contributed by atoms with Crippen LogP contribution >= 0.6 is 0 Å². The van der Waals surface area contributed by atoms with Crippen LogP contribution in [-0.4, -0.2) is 49.7 Å². The van der Waals surface area contributed by atoms with Gasteiger partial charge in [-0.25, -0.2) is 4.79 Å². The van der Waals surface area contributed by atoms with E-state index >= 15 is 0 Å². The van der Waals surface area contributed by atoms with E-state index in [1.165, 1.54) is 24.3 Å². The van der Waals surface area contributed by atoms with Crippen molar-refractivity contribution in [2.24, 2.45) is 0 Å². The number of aromatic hydroxyl groups is 1. The maximum Gasteiger partial charge on any atom is 0.335 e. The maximum atomic E-state index is 12.0. The molecule has 0 atom stereocenters. The Hall–Kier alpha value is -3.69. The van der Waals surface area contributed by atoms with E-state index in [0.29, 0.717) is 0 Å². The van der Waals surface area contributed by atoms with Crippen LogP contribution in [0.3, 0.4) is 0 Å². The number of hydrogen-bond donors (Lipinski definition) is 5. The molecule has 10 heteroatoms. The molecule has 0 aliphatic heterocycles. The predicted octanol–water partition coefficient (Wildman–Crippen LogP) is -0.345. The zero-order valence-corrected chi connectivity index (χ0v) is 11.9. The van der Waals surface area contributed by atoms with Crippen LogP contribution in [0.2, 0.25) is 0 Å². The largest absolute Gasteiger partial charge is 0.493 e. The van der Waals surface area contributed by atoms with E-state index in [0.717, 1.165) is 0 Å². The van der Waals surface area contributed by atoms with Gasteiger partial charge in [-0.15, -0.1) is 0 Å². The molecule has 0 unspecified atom stereocenters. The van der Waals surface area contributed by atoms with Crippen LogP contribution in [0, 0.1) is 0 Å². The summed E-state index contributed by atoms with van der Waals surface area (Å²) in [5, 5.41) is 29.1. The fraction of sp³-hybridized carbons (Fsp3) is 0.0714. The van der Waals surface area contributed by atoms with E-state index in [1.54, 1.807) is 0 Å². The summed E-state index contributed by atoms with van der Waals surface area (Å²) >= 11 is 0. The van der Waals surface area contributed by atoms with Crippen LogP contribution in [0.4, 0.5) is 0 Å². The molecule has 0 fully saturated rings. The number of rotatable bonds is 5. The summed E-state index contributed by atoms with van der Waals surface area (Å²) < 4.78 is 0. The van der Waals surface area contributed by atoms with E-state index in [1.807, 2.05) is 5.32 Å². The summed E-state index contributed by atoms with van der Waals surface area (Å²) in [5.74, 6) is -4.66. The van der Waals surface area contributed by atoms with Crippen molar-refractivity contribution in [2.75, 3.05) is 6.54 Å². The highest BCUT2D eigenvalue weighted by molar-refractivity contribution is 5.97. The van der Waals surface area contributed by atoms with Gasteiger partial charge in [0.15, 0.2) is 5.56 Å². The van der Waals surface area contributed by atoms with E-state index in [-0.39, 0.29) is 17.0 Å². The van der Waals surface area contributed by atoms with Crippen molar-refractivity contribution in [1.82, 2.24) is 15.3 Å². The fourth-order valence-electron chi connectivity index (χ4n) is 1.85. The number of nitrogens with zero attached hydrogens (tertiary/aromatic N) is 1. The second kappa shape index (κ2) is 6.60. The zero-order chi connectivity index (χ0) is 17.9. The second-order valence-corrected chi connectivity index (χ2v) is 4.58. The molecular formula is C14H11N3O7. The number of carbonyl (C=O) groups is 3. The Labute approximate surface area is 133 Å². The molecular weight excluding hydrogens is 322 g/mol. The Morgan fingerprint density at radius 3 is 2.50 bits per heavy atom. The smallest absolute Gasteiger partial charge is 0.335 e. The van der Waals surface area contributed by atoms with Gasteiger partial charge >= 0.3 is 11.9 Å². The fourth-order valence-corrected chi connectivity index (χ4v) is 1.85. The summed E-state index contributed by atoms with van der Waals surface area (Å²) in [4.78, 5) is 50.9. The Balaban J connectivity index is 2.41. The molecule has 0 aliphatic carbocycles. The predicted molar refractivity (Wildman–Crippen MR) is 78.9 cm³/mol. The van der Waals surface area contributed by atoms with Gasteiger partial charge in [-0.3, -0.25) is 14.4 Å². The highest BCUT2D eigenvalue weighted by Crippen LogP contribution is 2.19. The van der Waals surface area contributed by atoms with Crippen LogP contribution in [0.1, 0.15) is 20.7 Å². The van der Waals surface area contributed by atoms with Gasteiger partial charge in [0.25, 0.3) is 11.5 Å². The van der Waals surface area contributed by atoms with Gasteiger partial charge in [0.1, 0.15) is 12.4 Å². The van der Waals surface area contributed by atoms with E-state index in [2.05, 4.69) is 9.97 Å². The molecule has 0 saturated carbocycles. The number of carbonyl (C=O) groups excluding carboxylic acids is 1. The Bertz CT molecular complexity index is 888. The molecule has 1 heterocycles. The first-order chi connectivity index (χ1) is 11.3. The molecule has 0 saturated heterocycles. The Morgan fingerprint density at radius 2 is 1.92 bits per heavy atom. The molecule has 2 aromatic rings. The molecule has 2 rings (SSSR count). The molecule has 0 radical (unpaired) electrons. The lowest BCUT2D eigenvalue weighted by molar-refractivity contribution is -0.135. The number of aromatic carboxylic acids is 1. The number of aliphatic carboxylic acids is 1. The first kappa shape index (κ1) is 16.7. The van der Waals surface area contributed by atoms with Crippen LogP contribution in [0.25, 0.3) is 11.4 Å². The zero-order valence-electron chi connectivity index (χ0n) is 11.9. The molecule has 0 bridgehead atoms. The minimum Gasteiger partial charge on any atom is -0.493 e. The van der Waals surface area contributed by atoms with Crippen molar-refractivity contribution < 1.29 is 29.7 Å². The number of carboxylic acids is 2. The molecule has 0 spiro atoms. The van der Waals surface area contributed by atoms with E-state index < -0.39 is 41.4 Å². The Kier molecular flexibility index (Phi) is 4.59. The number of H-pyrrole nitrogens is 1. The molecule has 10 nitrogen and oxygen atoms in total. The van der Waals surface area contributed by atoms with Crippen molar-refractivity contribution in [3.05, 3.63) is 45.7 Å². The minimum atomic E-state index is -1.32. The van der Waals surface area contributed by atoms with E-state index in [4.69, 9.17) is 10.2 Å². The van der Waals surface area contributed by atoms with Gasteiger partial charge in [-0.2, -0.15) is 4.98 Å². The SMILES string of the molecule is O=C(O)CNC(=O)c1c(O)nc(-c2cccc(C(=O)O)c2)[nH]c1=O. The lowest BCUT2D eigenvalue weighted by atomic mass is 10.1. The third kappa shape index (κ3) is 3.55. The van der Waals surface area contributed by atoms with Crippen LogP contribution in [0.15, 0.2) is 29.1 Å². The highest BCUT2D eigenvalue weighted by Gasteiger charge is 2.20. The normalized spacial score (nSPS) is 10.2. The van der Waals surface area contributed by atoms with Crippen molar-refractivity contribution in [3.63, 3.8) is 0 Å². The lowest BCUT2D eigenvalue weighted by Gasteiger charge is -2.06. The molecule has 5 N–H and O–H groups in total. The summed E-state index contributed by atoms with van der Waals surface area (Å²) in [7, 11) is 0. The summed E-state index contributed by atoms with van der Waals surface area (Å²) in [6, 6.07) is 5.43. The number of nitrogens with one attached hydrogen (secondary N) is 2. The molecule has 124 valence electrons. The first-order valence-electron chi connectivity index (χ1n) is 6.46. The van der Waals surface area contributed by atoms with Crippen LogP contribution < -0.4 is 10.9 Å². The van der Waals surface area contributed by atoms with Crippen molar-refractivity contribution in [2.45, 2.75) is 0 Å². The average Bonchev–Trinajstić information content (AvgIpc) is 2.52. The topological polar surface area (TPSA) is 170 Å². The number of benzene rings is 1. The maximum absolute atomic E-state index is 12.0. The third-order valence-corrected chi connectivity index (χ3v) is 2.91. The lowest BCUT2D eigenvalue weighted by Crippen LogP contribution is -2.33. The van der Waals surface area contributed by atoms with Crippen molar-refractivity contribution in [3.8, 4) is 17.3 Å². The number of carboxylic acid groups (broad SMARTS) is 2. The standard InChI is InChI=1S/C14H11N3O7/c18-8(19)5-15-11(20)9-12(21)16-10(17-13(9)22)6-2-1-3-7(4-6)14(23)24/h1-4H,5H2,(H,15,20)(H,18,19)(H,23,24)(H2,16,17,21,22). The Morgan fingerprint density at radius 1 is 1.21 bits per heavy atom. The highest BCUT2D eigenvalue weighted by atomic mass is 16.4. The molecule has 0 aliphatic rings. The molecule has 1 aromatic carbocycles. The first-order valence-corrected chi connectivity index (χ1v) is 6.46. The van der Waals surface area contributed by atoms with Crippen molar-refractivity contribution in [1.29, 1.82) is 0 Å². The molecule has 1 amide bonds. The van der Waals surface area contributed by atoms with Crippen molar-refractivity contribution >= 4 is 17.8 Å². The van der Waals surface area contributed by atoms with Gasteiger partial charge in [0, 0.05) is 5.56 Å². The summed E-state index contributed by atoms with van der Waals surface area (Å²) in [5.41, 5.74) is -1.59. The minimum absolute atomic E-state index is 0.0575. The third-order valence-electron chi connectivity index (χ3n) is 2.91. The number of aromatic amines is 1. The molecule has 1 aromatic heterocycles. The van der Waals surface area contributed by atoms with E-state index in [9.17, 15) is 24.3 Å². The quantitative estimate of drug-likeness (QED) is 0.494. The van der Waals surface area contributed by atoms with Gasteiger partial charge in [0.05, 0.1) is 5.56 Å².